The van der Waals surface area contributed by atoms with Gasteiger partial charge in [0.25, 0.3) is 0 Å². The number of nitrogen functional groups attached to an aromatic ring is 1. The second kappa shape index (κ2) is 3.44. The average Bonchev–Trinajstić information content (AvgIpc) is 2.08. The standard InChI is InChI=1S/C8H8ClN3/c9-5-1-2-7(11)6(3-5)8(12)4-10/h1-3,8H,11-12H2/t8-/m1/s1. The Labute approximate surface area is 75.5 Å². The van der Waals surface area contributed by atoms with Crippen molar-refractivity contribution in [3.05, 3.63) is 28.8 Å². The molecule has 0 saturated heterocycles. The van der Waals surface area contributed by atoms with Crippen LogP contribution >= 0.6 is 11.6 Å². The minimum Gasteiger partial charge on any atom is -0.398 e. The fraction of sp³-hybridized carbons (Fsp3) is 0.125. The molecule has 0 amide bonds. The predicted octanol–water partition coefficient (Wildman–Crippen LogP) is 1.45. The molecular weight excluding hydrogens is 174 g/mol. The molecule has 0 saturated carbocycles. The molecule has 12 heavy (non-hydrogen) atoms. The Hall–Kier alpha value is -1.24. The maximum Gasteiger partial charge on any atom is 0.120 e. The lowest BCUT2D eigenvalue weighted by Gasteiger charge is -2.06. The highest BCUT2D eigenvalue weighted by Crippen LogP contribution is 2.22. The van der Waals surface area contributed by atoms with Gasteiger partial charge in [0.2, 0.25) is 0 Å². The van der Waals surface area contributed by atoms with E-state index >= 15 is 0 Å². The summed E-state index contributed by atoms with van der Waals surface area (Å²) in [7, 11) is 0. The quantitative estimate of drug-likeness (QED) is 0.644. The lowest BCUT2D eigenvalue weighted by Crippen LogP contribution is -2.09. The first-order valence-electron chi connectivity index (χ1n) is 3.35. The first-order valence-corrected chi connectivity index (χ1v) is 3.73. The molecular formula is C8H8ClN3. The molecule has 0 radical (unpaired) electrons. The van der Waals surface area contributed by atoms with E-state index in [9.17, 15) is 0 Å². The maximum absolute atomic E-state index is 8.53. The van der Waals surface area contributed by atoms with Gasteiger partial charge in [-0.1, -0.05) is 11.6 Å². The van der Waals surface area contributed by atoms with Gasteiger partial charge in [-0.2, -0.15) is 5.26 Å². The Morgan fingerprint density at radius 1 is 1.50 bits per heavy atom. The summed E-state index contributed by atoms with van der Waals surface area (Å²) in [5.74, 6) is 0. The minimum atomic E-state index is -0.705. The summed E-state index contributed by atoms with van der Waals surface area (Å²) in [6.45, 7) is 0. The Balaban J connectivity index is 3.15. The molecule has 0 aliphatic heterocycles. The summed E-state index contributed by atoms with van der Waals surface area (Å²) in [5, 5.41) is 9.06. The number of hydrogen-bond donors (Lipinski definition) is 2. The van der Waals surface area contributed by atoms with Crippen molar-refractivity contribution in [2.24, 2.45) is 5.73 Å². The molecule has 0 unspecified atom stereocenters. The summed E-state index contributed by atoms with van der Waals surface area (Å²) in [6.07, 6.45) is 0. The molecule has 0 bridgehead atoms. The molecule has 62 valence electrons. The van der Waals surface area contributed by atoms with E-state index in [1.54, 1.807) is 18.2 Å². The van der Waals surface area contributed by atoms with Crippen LogP contribution in [0.1, 0.15) is 11.6 Å². The van der Waals surface area contributed by atoms with Crippen LogP contribution in [0.25, 0.3) is 0 Å². The predicted molar refractivity (Wildman–Crippen MR) is 48.4 cm³/mol. The van der Waals surface area contributed by atoms with Crippen molar-refractivity contribution in [1.82, 2.24) is 0 Å². The molecule has 0 aromatic heterocycles. The number of nitrogens with two attached hydrogens (primary N) is 2. The van der Waals surface area contributed by atoms with Crippen LogP contribution < -0.4 is 11.5 Å². The highest BCUT2D eigenvalue weighted by atomic mass is 35.5. The summed E-state index contributed by atoms with van der Waals surface area (Å²) >= 11 is 5.70. The smallest absolute Gasteiger partial charge is 0.120 e. The Morgan fingerprint density at radius 3 is 2.75 bits per heavy atom. The van der Waals surface area contributed by atoms with Crippen molar-refractivity contribution in [3.8, 4) is 6.07 Å². The van der Waals surface area contributed by atoms with Gasteiger partial charge in [0.05, 0.1) is 6.07 Å². The molecule has 1 atom stereocenters. The van der Waals surface area contributed by atoms with E-state index in [0.717, 1.165) is 0 Å². The van der Waals surface area contributed by atoms with E-state index in [-0.39, 0.29) is 0 Å². The van der Waals surface area contributed by atoms with E-state index in [4.69, 9.17) is 28.3 Å². The van der Waals surface area contributed by atoms with Crippen LogP contribution in [-0.2, 0) is 0 Å². The van der Waals surface area contributed by atoms with Gasteiger partial charge in [-0.05, 0) is 18.2 Å². The summed E-state index contributed by atoms with van der Waals surface area (Å²) in [5.41, 5.74) is 12.1. The van der Waals surface area contributed by atoms with Crippen molar-refractivity contribution >= 4 is 17.3 Å². The molecule has 0 aliphatic carbocycles. The number of anilines is 1. The summed E-state index contributed by atoms with van der Waals surface area (Å²) < 4.78 is 0. The Bertz CT molecular complexity index is 330. The zero-order valence-corrected chi connectivity index (χ0v) is 7.05. The van der Waals surface area contributed by atoms with Crippen LogP contribution in [-0.4, -0.2) is 0 Å². The average molecular weight is 182 g/mol. The van der Waals surface area contributed by atoms with Gasteiger partial charge in [0.1, 0.15) is 6.04 Å². The maximum atomic E-state index is 8.53. The SMILES string of the molecule is N#C[C@@H](N)c1cc(Cl)ccc1N. The molecule has 0 spiro atoms. The van der Waals surface area contributed by atoms with Crippen LogP contribution in [0.5, 0.6) is 0 Å². The summed E-state index contributed by atoms with van der Waals surface area (Å²) in [4.78, 5) is 0. The molecule has 0 fully saturated rings. The highest BCUT2D eigenvalue weighted by molar-refractivity contribution is 6.30. The van der Waals surface area contributed by atoms with Gasteiger partial charge >= 0.3 is 0 Å². The molecule has 1 aromatic rings. The van der Waals surface area contributed by atoms with E-state index in [0.29, 0.717) is 16.3 Å². The van der Waals surface area contributed by atoms with Gasteiger partial charge < -0.3 is 11.5 Å². The van der Waals surface area contributed by atoms with Crippen molar-refractivity contribution in [2.75, 3.05) is 5.73 Å². The third-order valence-corrected chi connectivity index (χ3v) is 1.76. The fourth-order valence-corrected chi connectivity index (χ4v) is 1.07. The number of nitriles is 1. The number of halogens is 1. The van der Waals surface area contributed by atoms with E-state index < -0.39 is 6.04 Å². The van der Waals surface area contributed by atoms with Crippen LogP contribution in [0.15, 0.2) is 18.2 Å². The van der Waals surface area contributed by atoms with Crippen LogP contribution in [0.4, 0.5) is 5.69 Å². The van der Waals surface area contributed by atoms with E-state index in [1.165, 1.54) is 0 Å². The second-order valence-electron chi connectivity index (χ2n) is 2.38. The second-order valence-corrected chi connectivity index (χ2v) is 2.82. The monoisotopic (exact) mass is 181 g/mol. The number of nitrogens with zero attached hydrogens (tertiary/aromatic N) is 1. The molecule has 0 aliphatic rings. The third kappa shape index (κ3) is 1.67. The molecule has 1 rings (SSSR count). The third-order valence-electron chi connectivity index (χ3n) is 1.52. The Kier molecular flexibility index (Phi) is 2.54. The van der Waals surface area contributed by atoms with Crippen molar-refractivity contribution < 1.29 is 0 Å². The normalized spacial score (nSPS) is 12.1. The van der Waals surface area contributed by atoms with Crippen LogP contribution in [0, 0.1) is 11.3 Å². The number of hydrogen-bond acceptors (Lipinski definition) is 3. The minimum absolute atomic E-state index is 0.494. The van der Waals surface area contributed by atoms with Gasteiger partial charge in [0.15, 0.2) is 0 Å². The lowest BCUT2D eigenvalue weighted by molar-refractivity contribution is 0.930. The van der Waals surface area contributed by atoms with E-state index in [1.807, 2.05) is 6.07 Å². The van der Waals surface area contributed by atoms with Crippen molar-refractivity contribution in [2.45, 2.75) is 6.04 Å². The fourth-order valence-electron chi connectivity index (χ4n) is 0.884. The van der Waals surface area contributed by atoms with Crippen LogP contribution in [0.3, 0.4) is 0 Å². The number of rotatable bonds is 1. The van der Waals surface area contributed by atoms with E-state index in [2.05, 4.69) is 0 Å². The first kappa shape index (κ1) is 8.85. The molecule has 0 heterocycles. The largest absolute Gasteiger partial charge is 0.398 e. The molecule has 4 heteroatoms. The molecule has 3 nitrogen and oxygen atoms in total. The van der Waals surface area contributed by atoms with Crippen molar-refractivity contribution in [1.29, 1.82) is 5.26 Å². The summed E-state index contributed by atoms with van der Waals surface area (Å²) in [6, 6.07) is 6.08. The number of benzene rings is 1. The highest BCUT2D eigenvalue weighted by Gasteiger charge is 2.08. The molecule has 1 aromatic carbocycles. The van der Waals surface area contributed by atoms with Gasteiger partial charge in [-0.25, -0.2) is 0 Å². The lowest BCUT2D eigenvalue weighted by atomic mass is 10.1. The first-order chi connectivity index (χ1) is 5.65. The van der Waals surface area contributed by atoms with Gasteiger partial charge in [-0.3, -0.25) is 0 Å². The van der Waals surface area contributed by atoms with Crippen molar-refractivity contribution in [3.63, 3.8) is 0 Å². The molecule has 4 N–H and O–H groups in total. The van der Waals surface area contributed by atoms with Crippen LogP contribution in [0.2, 0.25) is 5.02 Å². The van der Waals surface area contributed by atoms with Gasteiger partial charge in [0, 0.05) is 16.3 Å². The topological polar surface area (TPSA) is 75.8 Å². The zero-order valence-electron chi connectivity index (χ0n) is 6.29. The van der Waals surface area contributed by atoms with Gasteiger partial charge in [-0.15, -0.1) is 0 Å². The zero-order chi connectivity index (χ0) is 9.14. The Morgan fingerprint density at radius 2 is 2.17 bits per heavy atom.